The molecular weight excluding hydrogens is 178 g/mol. The first-order valence-electron chi connectivity index (χ1n) is 5.67. The third-order valence-corrected chi connectivity index (χ3v) is 3.32. The van der Waals surface area contributed by atoms with Gasteiger partial charge in [0.25, 0.3) is 0 Å². The summed E-state index contributed by atoms with van der Waals surface area (Å²) >= 11 is 0. The molecule has 0 aromatic rings. The van der Waals surface area contributed by atoms with Gasteiger partial charge in [0.05, 0.1) is 17.8 Å². The van der Waals surface area contributed by atoms with E-state index in [1.807, 2.05) is 7.05 Å². The maximum Gasteiger partial charge on any atom is 0.0845 e. The lowest BCUT2D eigenvalue weighted by atomic mass is 10.0. The molecule has 3 heteroatoms. The molecule has 2 aliphatic rings. The van der Waals surface area contributed by atoms with Crippen molar-refractivity contribution in [2.75, 3.05) is 20.2 Å². The first kappa shape index (κ1) is 10.4. The largest absolute Gasteiger partial charge is 0.376 e. The van der Waals surface area contributed by atoms with E-state index in [0.29, 0.717) is 12.2 Å². The van der Waals surface area contributed by atoms with Crippen molar-refractivity contribution in [1.82, 2.24) is 5.32 Å². The topological polar surface area (TPSA) is 30.5 Å². The molecule has 2 fully saturated rings. The van der Waals surface area contributed by atoms with Gasteiger partial charge in [-0.3, -0.25) is 0 Å². The first-order valence-corrected chi connectivity index (χ1v) is 5.67. The van der Waals surface area contributed by atoms with Gasteiger partial charge in [0, 0.05) is 13.2 Å². The highest BCUT2D eigenvalue weighted by Crippen LogP contribution is 2.34. The molecule has 3 atom stereocenters. The second-order valence-electron chi connectivity index (χ2n) is 4.73. The number of likely N-dealkylation sites (N-methyl/N-ethyl adjacent to an activating group) is 1. The fourth-order valence-electron chi connectivity index (χ4n) is 2.59. The highest BCUT2D eigenvalue weighted by atomic mass is 16.6. The van der Waals surface area contributed by atoms with Crippen molar-refractivity contribution in [3.05, 3.63) is 0 Å². The lowest BCUT2D eigenvalue weighted by molar-refractivity contribution is -0.0830. The van der Waals surface area contributed by atoms with Gasteiger partial charge in [0.15, 0.2) is 0 Å². The van der Waals surface area contributed by atoms with Crippen molar-refractivity contribution in [3.63, 3.8) is 0 Å². The maximum atomic E-state index is 6.09. The molecule has 0 aromatic heterocycles. The molecule has 3 nitrogen and oxygen atoms in total. The van der Waals surface area contributed by atoms with Crippen LogP contribution in [0.2, 0.25) is 0 Å². The van der Waals surface area contributed by atoms with E-state index in [-0.39, 0.29) is 5.60 Å². The normalized spacial score (nSPS) is 43.3. The molecule has 82 valence electrons. The Hall–Kier alpha value is -0.120. The van der Waals surface area contributed by atoms with E-state index < -0.39 is 0 Å². The van der Waals surface area contributed by atoms with Gasteiger partial charge >= 0.3 is 0 Å². The minimum Gasteiger partial charge on any atom is -0.376 e. The van der Waals surface area contributed by atoms with Crippen LogP contribution in [0.1, 0.15) is 32.6 Å². The van der Waals surface area contributed by atoms with E-state index in [0.717, 1.165) is 26.0 Å². The molecular formula is C11H21NO2. The molecule has 1 N–H and O–H groups in total. The van der Waals surface area contributed by atoms with Crippen molar-refractivity contribution in [2.45, 2.75) is 50.4 Å². The summed E-state index contributed by atoms with van der Waals surface area (Å²) in [6.45, 7) is 4.06. The van der Waals surface area contributed by atoms with Crippen LogP contribution in [0.4, 0.5) is 0 Å². The molecule has 0 aromatic carbocycles. The quantitative estimate of drug-likeness (QED) is 0.743. The Morgan fingerprint density at radius 1 is 1.36 bits per heavy atom. The van der Waals surface area contributed by atoms with Crippen molar-refractivity contribution < 1.29 is 9.47 Å². The molecule has 2 saturated heterocycles. The summed E-state index contributed by atoms with van der Waals surface area (Å²) in [5.74, 6) is 0. The number of nitrogens with one attached hydrogen (secondary N) is 1. The van der Waals surface area contributed by atoms with Gasteiger partial charge in [0.1, 0.15) is 0 Å². The third-order valence-electron chi connectivity index (χ3n) is 3.32. The average Bonchev–Trinajstić information content (AvgIpc) is 2.73. The minimum atomic E-state index is 0.0331. The summed E-state index contributed by atoms with van der Waals surface area (Å²) in [5.41, 5.74) is 0.0331. The van der Waals surface area contributed by atoms with E-state index in [9.17, 15) is 0 Å². The third kappa shape index (κ3) is 2.10. The predicted molar refractivity (Wildman–Crippen MR) is 55.4 cm³/mol. The van der Waals surface area contributed by atoms with Gasteiger partial charge < -0.3 is 14.8 Å². The second kappa shape index (κ2) is 4.17. The van der Waals surface area contributed by atoms with Crippen molar-refractivity contribution >= 4 is 0 Å². The fraction of sp³-hybridized carbons (Fsp3) is 1.00. The van der Waals surface area contributed by atoms with Crippen LogP contribution in [0.5, 0.6) is 0 Å². The molecule has 3 unspecified atom stereocenters. The second-order valence-corrected chi connectivity index (χ2v) is 4.73. The molecule has 2 rings (SSSR count). The van der Waals surface area contributed by atoms with Crippen LogP contribution in [0.25, 0.3) is 0 Å². The van der Waals surface area contributed by atoms with Gasteiger partial charge in [-0.25, -0.2) is 0 Å². The summed E-state index contributed by atoms with van der Waals surface area (Å²) < 4.78 is 11.7. The van der Waals surface area contributed by atoms with E-state index in [1.54, 1.807) is 0 Å². The standard InChI is InChI=1S/C11H21NO2/c1-11(8-12-2)6-5-10(14-11)9-4-3-7-13-9/h9-10,12H,3-8H2,1-2H3. The smallest absolute Gasteiger partial charge is 0.0845 e. The van der Waals surface area contributed by atoms with Gasteiger partial charge in [0.2, 0.25) is 0 Å². The zero-order valence-electron chi connectivity index (χ0n) is 9.21. The molecule has 0 bridgehead atoms. The summed E-state index contributed by atoms with van der Waals surface area (Å²) in [6, 6.07) is 0. The number of rotatable bonds is 3. The zero-order chi connectivity index (χ0) is 10.0. The first-order chi connectivity index (χ1) is 6.73. The van der Waals surface area contributed by atoms with Crippen molar-refractivity contribution in [2.24, 2.45) is 0 Å². The number of hydrogen-bond donors (Lipinski definition) is 1. The minimum absolute atomic E-state index is 0.0331. The Morgan fingerprint density at radius 2 is 2.21 bits per heavy atom. The Bertz CT molecular complexity index is 192. The van der Waals surface area contributed by atoms with Gasteiger partial charge in [-0.1, -0.05) is 0 Å². The Morgan fingerprint density at radius 3 is 2.86 bits per heavy atom. The molecule has 14 heavy (non-hydrogen) atoms. The van der Waals surface area contributed by atoms with Crippen LogP contribution < -0.4 is 5.32 Å². The summed E-state index contributed by atoms with van der Waals surface area (Å²) in [6.07, 6.45) is 5.40. The molecule has 2 heterocycles. The van der Waals surface area contributed by atoms with Crippen LogP contribution in [0, 0.1) is 0 Å². The van der Waals surface area contributed by atoms with Crippen LogP contribution in [0.15, 0.2) is 0 Å². The molecule has 2 aliphatic heterocycles. The molecule has 0 spiro atoms. The summed E-state index contributed by atoms with van der Waals surface area (Å²) in [4.78, 5) is 0. The highest BCUT2D eigenvalue weighted by Gasteiger charge is 2.40. The predicted octanol–water partition coefficient (Wildman–Crippen LogP) is 1.32. The number of ether oxygens (including phenoxy) is 2. The van der Waals surface area contributed by atoms with Gasteiger partial charge in [-0.15, -0.1) is 0 Å². The Kier molecular flexibility index (Phi) is 3.10. The lowest BCUT2D eigenvalue weighted by Crippen LogP contribution is -2.38. The molecule has 0 aliphatic carbocycles. The van der Waals surface area contributed by atoms with Crippen LogP contribution >= 0.6 is 0 Å². The Labute approximate surface area is 86.2 Å². The van der Waals surface area contributed by atoms with E-state index in [1.165, 1.54) is 12.8 Å². The average molecular weight is 199 g/mol. The lowest BCUT2D eigenvalue weighted by Gasteiger charge is -2.26. The van der Waals surface area contributed by atoms with Gasteiger partial charge in [-0.05, 0) is 39.7 Å². The molecule has 0 radical (unpaired) electrons. The zero-order valence-corrected chi connectivity index (χ0v) is 9.21. The van der Waals surface area contributed by atoms with E-state index in [4.69, 9.17) is 9.47 Å². The van der Waals surface area contributed by atoms with Crippen LogP contribution in [-0.2, 0) is 9.47 Å². The molecule has 0 saturated carbocycles. The van der Waals surface area contributed by atoms with Crippen LogP contribution in [0.3, 0.4) is 0 Å². The fourth-order valence-corrected chi connectivity index (χ4v) is 2.59. The monoisotopic (exact) mass is 199 g/mol. The number of hydrogen-bond acceptors (Lipinski definition) is 3. The van der Waals surface area contributed by atoms with Crippen molar-refractivity contribution in [3.8, 4) is 0 Å². The SMILES string of the molecule is CNCC1(C)CCC(C2CCCO2)O1. The summed E-state index contributed by atoms with van der Waals surface area (Å²) in [5, 5.41) is 3.20. The Balaban J connectivity index is 1.86. The van der Waals surface area contributed by atoms with Crippen molar-refractivity contribution in [1.29, 1.82) is 0 Å². The van der Waals surface area contributed by atoms with E-state index >= 15 is 0 Å². The summed E-state index contributed by atoms with van der Waals surface area (Å²) in [7, 11) is 1.98. The highest BCUT2D eigenvalue weighted by molar-refractivity contribution is 4.90. The maximum absolute atomic E-state index is 6.09. The molecule has 0 amide bonds. The van der Waals surface area contributed by atoms with Gasteiger partial charge in [-0.2, -0.15) is 0 Å². The van der Waals surface area contributed by atoms with E-state index in [2.05, 4.69) is 12.2 Å². The van der Waals surface area contributed by atoms with Crippen LogP contribution in [-0.4, -0.2) is 38.0 Å².